The number of pyridine rings is 1. The fourth-order valence-corrected chi connectivity index (χ4v) is 4.92. The molecule has 182 valence electrons. The van der Waals surface area contributed by atoms with E-state index >= 15 is 0 Å². The highest BCUT2D eigenvalue weighted by atomic mass is 32.1. The minimum absolute atomic E-state index is 0.00785. The Labute approximate surface area is 207 Å². The van der Waals surface area contributed by atoms with Crippen molar-refractivity contribution in [3.05, 3.63) is 82.6 Å². The van der Waals surface area contributed by atoms with Crippen LogP contribution in [0.2, 0.25) is 0 Å². The van der Waals surface area contributed by atoms with Crippen molar-refractivity contribution in [2.45, 2.75) is 44.2 Å². The molecule has 1 atom stereocenters. The Bertz CT molecular complexity index is 1150. The van der Waals surface area contributed by atoms with E-state index < -0.39 is 36.1 Å². The molecule has 1 fully saturated rings. The van der Waals surface area contributed by atoms with Gasteiger partial charge in [0.1, 0.15) is 11.9 Å². The fraction of sp³-hybridized carbons (Fsp3) is 0.308. The summed E-state index contributed by atoms with van der Waals surface area (Å²) in [5, 5.41) is 7.41. The Morgan fingerprint density at radius 1 is 1.06 bits per heavy atom. The number of nitrogens with one attached hydrogen (secondary N) is 2. The van der Waals surface area contributed by atoms with Gasteiger partial charge in [0, 0.05) is 24.0 Å². The molecule has 1 aliphatic carbocycles. The van der Waals surface area contributed by atoms with Crippen LogP contribution in [-0.2, 0) is 9.59 Å². The third-order valence-electron chi connectivity index (χ3n) is 5.98. The number of carbonyl (C=O) groups excluding carboxylic acids is 3. The van der Waals surface area contributed by atoms with Crippen LogP contribution in [0.3, 0.4) is 0 Å². The first kappa shape index (κ1) is 24.5. The van der Waals surface area contributed by atoms with Crippen LogP contribution >= 0.6 is 11.3 Å². The molecule has 7 nitrogen and oxygen atoms in total. The number of rotatable bonds is 8. The van der Waals surface area contributed by atoms with Gasteiger partial charge in [-0.15, -0.1) is 11.3 Å². The van der Waals surface area contributed by atoms with Crippen LogP contribution in [-0.4, -0.2) is 35.3 Å². The molecule has 0 radical (unpaired) electrons. The Kier molecular flexibility index (Phi) is 8.20. The maximum absolute atomic E-state index is 15.0. The number of aromatic nitrogens is 1. The molecule has 1 aromatic carbocycles. The van der Waals surface area contributed by atoms with E-state index in [4.69, 9.17) is 0 Å². The molecule has 0 bridgehead atoms. The zero-order valence-corrected chi connectivity index (χ0v) is 20.0. The predicted molar refractivity (Wildman–Crippen MR) is 133 cm³/mol. The molecule has 35 heavy (non-hydrogen) atoms. The molecule has 1 aliphatic rings. The highest BCUT2D eigenvalue weighted by Gasteiger charge is 2.35. The maximum Gasteiger partial charge on any atom is 0.261 e. The molecule has 3 amide bonds. The van der Waals surface area contributed by atoms with Crippen molar-refractivity contribution >= 4 is 34.7 Å². The monoisotopic (exact) mass is 494 g/mol. The van der Waals surface area contributed by atoms with Crippen molar-refractivity contribution in [3.8, 4) is 0 Å². The SMILES string of the molecule is O=C(NCC(=O)N(c1ccccc1F)[C@H](C(=O)NC1CCCCC1)c1cccnc1)c1cccs1. The molecule has 3 aromatic rings. The quantitative estimate of drug-likeness (QED) is 0.490. The van der Waals surface area contributed by atoms with Gasteiger partial charge in [-0.25, -0.2) is 4.39 Å². The highest BCUT2D eigenvalue weighted by Crippen LogP contribution is 2.30. The van der Waals surface area contributed by atoms with Crippen LogP contribution in [0.25, 0.3) is 0 Å². The van der Waals surface area contributed by atoms with Crippen LogP contribution in [0.5, 0.6) is 0 Å². The van der Waals surface area contributed by atoms with Crippen molar-refractivity contribution < 1.29 is 18.8 Å². The molecule has 9 heteroatoms. The average Bonchev–Trinajstić information content (AvgIpc) is 3.42. The second kappa shape index (κ2) is 11.7. The van der Waals surface area contributed by atoms with Crippen LogP contribution in [0.4, 0.5) is 10.1 Å². The molecule has 0 saturated heterocycles. The summed E-state index contributed by atoms with van der Waals surface area (Å²) in [6.45, 7) is -0.404. The van der Waals surface area contributed by atoms with Gasteiger partial charge < -0.3 is 10.6 Å². The number of anilines is 1. The van der Waals surface area contributed by atoms with E-state index in [0.717, 1.165) is 37.0 Å². The van der Waals surface area contributed by atoms with E-state index in [1.807, 2.05) is 0 Å². The molecule has 1 saturated carbocycles. The summed E-state index contributed by atoms with van der Waals surface area (Å²) in [6.07, 6.45) is 7.95. The standard InChI is InChI=1S/C26H27FN4O3S/c27-20-11-4-5-12-21(20)31(23(32)17-29-25(33)22-13-7-15-35-22)24(18-8-6-14-28-16-18)26(34)30-19-9-2-1-3-10-19/h4-8,11-16,19,24H,1-3,9-10,17H2,(H,29,33)(H,30,34)/t24-/m0/s1. The summed E-state index contributed by atoms with van der Waals surface area (Å²) in [5.74, 6) is -2.09. The number of halogens is 1. The first-order valence-corrected chi connectivity index (χ1v) is 12.5. The molecule has 2 aromatic heterocycles. The number of thiophene rings is 1. The largest absolute Gasteiger partial charge is 0.351 e. The number of hydrogen-bond donors (Lipinski definition) is 2. The van der Waals surface area contributed by atoms with E-state index in [0.29, 0.717) is 10.4 Å². The topological polar surface area (TPSA) is 91.4 Å². The van der Waals surface area contributed by atoms with Crippen LogP contribution < -0.4 is 15.5 Å². The second-order valence-corrected chi connectivity index (χ2v) is 9.36. The van der Waals surface area contributed by atoms with Crippen molar-refractivity contribution in [1.29, 1.82) is 0 Å². The van der Waals surface area contributed by atoms with Gasteiger partial charge in [-0.05, 0) is 42.5 Å². The number of carbonyl (C=O) groups is 3. The van der Waals surface area contributed by atoms with Gasteiger partial charge in [-0.3, -0.25) is 24.3 Å². The van der Waals surface area contributed by atoms with Gasteiger partial charge in [0.05, 0.1) is 17.1 Å². The molecule has 4 rings (SSSR count). The summed E-state index contributed by atoms with van der Waals surface area (Å²) >= 11 is 1.25. The van der Waals surface area contributed by atoms with Gasteiger partial charge in [0.2, 0.25) is 11.8 Å². The lowest BCUT2D eigenvalue weighted by atomic mass is 9.94. The number of para-hydroxylation sites is 1. The van der Waals surface area contributed by atoms with Gasteiger partial charge >= 0.3 is 0 Å². The van der Waals surface area contributed by atoms with E-state index in [1.54, 1.807) is 41.9 Å². The number of amides is 3. The summed E-state index contributed by atoms with van der Waals surface area (Å²) in [5.41, 5.74) is 0.400. The minimum atomic E-state index is -1.16. The predicted octanol–water partition coefficient (Wildman–Crippen LogP) is 4.24. The Balaban J connectivity index is 1.67. The summed E-state index contributed by atoms with van der Waals surface area (Å²) in [7, 11) is 0. The third-order valence-corrected chi connectivity index (χ3v) is 6.85. The maximum atomic E-state index is 15.0. The Morgan fingerprint density at radius 3 is 2.54 bits per heavy atom. The third kappa shape index (κ3) is 6.10. The lowest BCUT2D eigenvalue weighted by molar-refractivity contribution is -0.127. The molecule has 0 aliphatic heterocycles. The Hall–Kier alpha value is -3.59. The first-order valence-electron chi connectivity index (χ1n) is 11.6. The van der Waals surface area contributed by atoms with Crippen molar-refractivity contribution in [2.75, 3.05) is 11.4 Å². The molecular weight excluding hydrogens is 467 g/mol. The van der Waals surface area contributed by atoms with Crippen molar-refractivity contribution in [3.63, 3.8) is 0 Å². The number of benzene rings is 1. The summed E-state index contributed by atoms with van der Waals surface area (Å²) in [6, 6.07) is 11.4. The minimum Gasteiger partial charge on any atom is -0.351 e. The zero-order chi connectivity index (χ0) is 24.6. The fourth-order valence-electron chi connectivity index (χ4n) is 4.28. The second-order valence-electron chi connectivity index (χ2n) is 8.41. The van der Waals surface area contributed by atoms with E-state index in [1.165, 1.54) is 35.7 Å². The van der Waals surface area contributed by atoms with Gasteiger partial charge in [-0.1, -0.05) is 43.5 Å². The van der Waals surface area contributed by atoms with Crippen LogP contribution in [0, 0.1) is 5.82 Å². The lowest BCUT2D eigenvalue weighted by Crippen LogP contribution is -2.50. The van der Waals surface area contributed by atoms with Gasteiger partial charge in [0.25, 0.3) is 5.91 Å². The summed E-state index contributed by atoms with van der Waals surface area (Å²) < 4.78 is 15.0. The molecule has 0 spiro atoms. The molecule has 0 unspecified atom stereocenters. The lowest BCUT2D eigenvalue weighted by Gasteiger charge is -2.33. The zero-order valence-electron chi connectivity index (χ0n) is 19.2. The average molecular weight is 495 g/mol. The van der Waals surface area contributed by atoms with E-state index in [2.05, 4.69) is 15.6 Å². The summed E-state index contributed by atoms with van der Waals surface area (Å²) in [4.78, 5) is 45.3. The number of hydrogen-bond acceptors (Lipinski definition) is 5. The molecule has 2 N–H and O–H groups in total. The van der Waals surface area contributed by atoms with Crippen molar-refractivity contribution in [1.82, 2.24) is 15.6 Å². The normalized spacial score (nSPS) is 14.7. The van der Waals surface area contributed by atoms with E-state index in [9.17, 15) is 18.8 Å². The van der Waals surface area contributed by atoms with Gasteiger partial charge in [-0.2, -0.15) is 0 Å². The van der Waals surface area contributed by atoms with Crippen LogP contribution in [0.1, 0.15) is 53.4 Å². The smallest absolute Gasteiger partial charge is 0.261 e. The highest BCUT2D eigenvalue weighted by molar-refractivity contribution is 7.12. The Morgan fingerprint density at radius 2 is 1.86 bits per heavy atom. The molecular formula is C26H27FN4O3S. The van der Waals surface area contributed by atoms with Crippen LogP contribution in [0.15, 0.2) is 66.3 Å². The first-order chi connectivity index (χ1) is 17.0. The molecule has 2 heterocycles. The van der Waals surface area contributed by atoms with E-state index in [-0.39, 0.29) is 11.7 Å². The number of nitrogens with zero attached hydrogens (tertiary/aromatic N) is 2. The van der Waals surface area contributed by atoms with Gasteiger partial charge in [0.15, 0.2) is 0 Å². The van der Waals surface area contributed by atoms with Crippen molar-refractivity contribution in [2.24, 2.45) is 0 Å².